The summed E-state index contributed by atoms with van der Waals surface area (Å²) in [7, 11) is 0. The summed E-state index contributed by atoms with van der Waals surface area (Å²) in [6, 6.07) is 8.43. The van der Waals surface area contributed by atoms with Crippen molar-refractivity contribution in [1.29, 1.82) is 0 Å². The zero-order valence-electron chi connectivity index (χ0n) is 15.5. The molecule has 1 amide bonds. The lowest BCUT2D eigenvalue weighted by molar-refractivity contribution is -0.121. The Bertz CT molecular complexity index is 749. The van der Waals surface area contributed by atoms with E-state index in [2.05, 4.69) is 67.1 Å². The minimum Gasteiger partial charge on any atom is -0.317 e. The van der Waals surface area contributed by atoms with Gasteiger partial charge in [0.1, 0.15) is 0 Å². The molecule has 0 radical (unpaired) electrons. The lowest BCUT2D eigenvalue weighted by Gasteiger charge is -2.15. The molecule has 0 spiro atoms. The number of carbonyl (C=O) groups excluding carboxylic acids is 1. The van der Waals surface area contributed by atoms with Crippen LogP contribution in [0, 0.1) is 33.6 Å². The van der Waals surface area contributed by atoms with Gasteiger partial charge in [0.2, 0.25) is 5.91 Å². The van der Waals surface area contributed by atoms with E-state index in [1.165, 1.54) is 16.8 Å². The van der Waals surface area contributed by atoms with Gasteiger partial charge in [-0.1, -0.05) is 32.0 Å². The molecule has 0 unspecified atom stereocenters. The third-order valence-electron chi connectivity index (χ3n) is 4.12. The van der Waals surface area contributed by atoms with Gasteiger partial charge in [0.05, 0.1) is 11.9 Å². The maximum Gasteiger partial charge on any atom is 0.240 e. The molecule has 0 aliphatic rings. The van der Waals surface area contributed by atoms with Crippen LogP contribution in [0.3, 0.4) is 0 Å². The minimum absolute atomic E-state index is 0.0511. The summed E-state index contributed by atoms with van der Waals surface area (Å²) in [5.41, 5.74) is 9.59. The highest BCUT2D eigenvalue weighted by atomic mass is 16.2. The van der Waals surface area contributed by atoms with E-state index in [-0.39, 0.29) is 5.91 Å². The number of amides is 1. The van der Waals surface area contributed by atoms with E-state index in [1.54, 1.807) is 6.21 Å². The number of nitrogens with one attached hydrogen (secondary N) is 1. The molecule has 1 N–H and O–H groups in total. The Kier molecular flexibility index (Phi) is 5.60. The largest absolute Gasteiger partial charge is 0.317 e. The monoisotopic (exact) mass is 325 g/mol. The van der Waals surface area contributed by atoms with Crippen molar-refractivity contribution >= 4 is 12.1 Å². The van der Waals surface area contributed by atoms with Crippen LogP contribution in [0.4, 0.5) is 0 Å². The molecule has 1 aromatic heterocycles. The first kappa shape index (κ1) is 18.0. The van der Waals surface area contributed by atoms with Crippen LogP contribution in [0.2, 0.25) is 0 Å². The minimum atomic E-state index is -0.0511. The van der Waals surface area contributed by atoms with Gasteiger partial charge in [-0.15, -0.1) is 0 Å². The van der Waals surface area contributed by atoms with Crippen molar-refractivity contribution in [2.75, 3.05) is 0 Å². The highest BCUT2D eigenvalue weighted by molar-refractivity contribution is 5.84. The molecular weight excluding hydrogens is 298 g/mol. The summed E-state index contributed by atoms with van der Waals surface area (Å²) in [4.78, 5) is 11.7. The third kappa shape index (κ3) is 3.94. The van der Waals surface area contributed by atoms with Crippen LogP contribution < -0.4 is 5.43 Å². The number of hydrogen-bond donors (Lipinski definition) is 1. The van der Waals surface area contributed by atoms with Crippen LogP contribution in [0.5, 0.6) is 0 Å². The molecule has 24 heavy (non-hydrogen) atoms. The molecule has 2 rings (SSSR count). The second-order valence-corrected chi connectivity index (χ2v) is 6.79. The summed E-state index contributed by atoms with van der Waals surface area (Å²) in [5, 5.41) is 4.11. The number of hydrogen-bond acceptors (Lipinski definition) is 2. The van der Waals surface area contributed by atoms with Crippen LogP contribution in [0.15, 0.2) is 29.4 Å². The Morgan fingerprint density at radius 3 is 2.42 bits per heavy atom. The van der Waals surface area contributed by atoms with Crippen LogP contribution in [-0.4, -0.2) is 16.7 Å². The van der Waals surface area contributed by atoms with Gasteiger partial charge in [0.15, 0.2) is 0 Å². The van der Waals surface area contributed by atoms with Gasteiger partial charge >= 0.3 is 0 Å². The molecule has 0 aliphatic carbocycles. The van der Waals surface area contributed by atoms with Crippen LogP contribution in [-0.2, 0) is 4.79 Å². The fourth-order valence-electron chi connectivity index (χ4n) is 3.01. The van der Waals surface area contributed by atoms with Gasteiger partial charge in [-0.25, -0.2) is 5.43 Å². The van der Waals surface area contributed by atoms with E-state index in [9.17, 15) is 4.79 Å². The molecule has 0 bridgehead atoms. The smallest absolute Gasteiger partial charge is 0.240 e. The maximum absolute atomic E-state index is 11.7. The average Bonchev–Trinajstić information content (AvgIpc) is 2.74. The zero-order chi connectivity index (χ0) is 17.9. The predicted octanol–water partition coefficient (Wildman–Crippen LogP) is 4.21. The van der Waals surface area contributed by atoms with E-state index in [1.807, 2.05) is 13.8 Å². The maximum atomic E-state index is 11.7. The quantitative estimate of drug-likeness (QED) is 0.650. The highest BCUT2D eigenvalue weighted by Crippen LogP contribution is 2.25. The Labute approximate surface area is 144 Å². The van der Waals surface area contributed by atoms with Crippen LogP contribution >= 0.6 is 0 Å². The molecule has 0 atom stereocenters. The topological polar surface area (TPSA) is 46.4 Å². The van der Waals surface area contributed by atoms with Gasteiger partial charge < -0.3 is 4.57 Å². The molecule has 0 aliphatic heterocycles. The fourth-order valence-corrected chi connectivity index (χ4v) is 3.01. The van der Waals surface area contributed by atoms with Crippen molar-refractivity contribution in [1.82, 2.24) is 9.99 Å². The molecule has 128 valence electrons. The number of carbonyl (C=O) groups is 1. The Morgan fingerprint density at radius 2 is 1.83 bits per heavy atom. The number of aromatic nitrogens is 1. The van der Waals surface area contributed by atoms with Gasteiger partial charge in [0, 0.05) is 23.4 Å². The summed E-state index contributed by atoms with van der Waals surface area (Å²) in [6.07, 6.45) is 2.21. The number of aryl methyl sites for hydroxylation is 3. The molecule has 1 aromatic carbocycles. The molecule has 4 nitrogen and oxygen atoms in total. The Hall–Kier alpha value is -2.36. The van der Waals surface area contributed by atoms with Crippen molar-refractivity contribution in [3.05, 3.63) is 52.3 Å². The van der Waals surface area contributed by atoms with Crippen molar-refractivity contribution in [2.45, 2.75) is 48.0 Å². The van der Waals surface area contributed by atoms with Crippen molar-refractivity contribution < 1.29 is 4.79 Å². The van der Waals surface area contributed by atoms with E-state index < -0.39 is 0 Å². The summed E-state index contributed by atoms with van der Waals surface area (Å²) >= 11 is 0. The fraction of sp³-hybridized carbons (Fsp3) is 0.400. The van der Waals surface area contributed by atoms with Crippen LogP contribution in [0.25, 0.3) is 5.69 Å². The Morgan fingerprint density at radius 1 is 1.21 bits per heavy atom. The average molecular weight is 325 g/mol. The highest BCUT2D eigenvalue weighted by Gasteiger charge is 2.13. The second kappa shape index (κ2) is 7.47. The molecule has 2 aromatic rings. The van der Waals surface area contributed by atoms with Gasteiger partial charge in [-0.05, 0) is 50.8 Å². The van der Waals surface area contributed by atoms with E-state index in [4.69, 9.17) is 0 Å². The lowest BCUT2D eigenvalue weighted by atomic mass is 10.1. The third-order valence-corrected chi connectivity index (χ3v) is 4.12. The molecule has 0 saturated carbocycles. The van der Waals surface area contributed by atoms with Crippen LogP contribution in [0.1, 0.15) is 48.3 Å². The van der Waals surface area contributed by atoms with E-state index in [0.717, 1.165) is 17.0 Å². The van der Waals surface area contributed by atoms with E-state index >= 15 is 0 Å². The molecule has 0 fully saturated rings. The van der Waals surface area contributed by atoms with Gasteiger partial charge in [0.25, 0.3) is 0 Å². The van der Waals surface area contributed by atoms with Crippen molar-refractivity contribution in [3.8, 4) is 5.69 Å². The molecular formula is C20H27N3O. The molecule has 0 saturated heterocycles. The second-order valence-electron chi connectivity index (χ2n) is 6.79. The summed E-state index contributed by atoms with van der Waals surface area (Å²) in [5.74, 6) is 0.277. The normalized spacial score (nSPS) is 11.5. The van der Waals surface area contributed by atoms with Gasteiger partial charge in [-0.3, -0.25) is 4.79 Å². The first-order chi connectivity index (χ1) is 11.3. The van der Waals surface area contributed by atoms with Gasteiger partial charge in [-0.2, -0.15) is 5.10 Å². The number of hydrazone groups is 1. The summed E-state index contributed by atoms with van der Waals surface area (Å²) in [6.45, 7) is 12.5. The van der Waals surface area contributed by atoms with Crippen molar-refractivity contribution in [2.24, 2.45) is 11.0 Å². The standard InChI is InChI=1S/C20H27N3O/c1-13(2)10-19(24)22-21-12-18-11-16(5)23(17(18)6)20-14(3)8-7-9-15(20)4/h7-9,11-13H,10H2,1-6H3,(H,22,24)/b21-12+. The number of rotatable bonds is 5. The molecule has 4 heteroatoms. The zero-order valence-corrected chi connectivity index (χ0v) is 15.5. The lowest BCUT2D eigenvalue weighted by Crippen LogP contribution is -2.19. The Balaban J connectivity index is 2.28. The first-order valence-corrected chi connectivity index (χ1v) is 8.38. The number of nitrogens with zero attached hydrogens (tertiary/aromatic N) is 2. The van der Waals surface area contributed by atoms with E-state index in [0.29, 0.717) is 12.3 Å². The number of para-hydroxylation sites is 1. The van der Waals surface area contributed by atoms with Crippen molar-refractivity contribution in [3.63, 3.8) is 0 Å². The molecule has 1 heterocycles. The predicted molar refractivity (Wildman–Crippen MR) is 99.9 cm³/mol. The SMILES string of the molecule is Cc1cccc(C)c1-n1c(C)cc(/C=N/NC(=O)CC(C)C)c1C. The number of benzene rings is 1. The summed E-state index contributed by atoms with van der Waals surface area (Å²) < 4.78 is 2.25. The first-order valence-electron chi connectivity index (χ1n) is 8.38.